The van der Waals surface area contributed by atoms with Gasteiger partial charge in [-0.05, 0) is 37.9 Å². The Balaban J connectivity index is 2.19. The van der Waals surface area contributed by atoms with Gasteiger partial charge in [-0.2, -0.15) is 0 Å². The molecular formula is C15H17Cl2N3O2S. The monoisotopic (exact) mass is 373 g/mol. The van der Waals surface area contributed by atoms with E-state index in [9.17, 15) is 8.42 Å². The van der Waals surface area contributed by atoms with Gasteiger partial charge in [0.05, 0.1) is 0 Å². The van der Waals surface area contributed by atoms with Crippen molar-refractivity contribution in [2.75, 3.05) is 20.6 Å². The zero-order valence-electron chi connectivity index (χ0n) is 12.7. The molecule has 0 saturated carbocycles. The van der Waals surface area contributed by atoms with E-state index in [1.165, 1.54) is 18.3 Å². The largest absolute Gasteiger partial charge is 0.301 e. The Hall–Kier alpha value is -1.18. The maximum atomic E-state index is 12.3. The van der Waals surface area contributed by atoms with Crippen LogP contribution in [0.2, 0.25) is 10.2 Å². The molecule has 0 aliphatic carbocycles. The Labute approximate surface area is 146 Å². The summed E-state index contributed by atoms with van der Waals surface area (Å²) in [4.78, 5) is 5.77. The lowest BCUT2D eigenvalue weighted by Crippen LogP contribution is -2.34. The normalized spacial score (nSPS) is 13.3. The zero-order chi connectivity index (χ0) is 17.0. The van der Waals surface area contributed by atoms with Crippen molar-refractivity contribution < 1.29 is 8.42 Å². The molecule has 1 atom stereocenters. The molecule has 1 heterocycles. The molecule has 1 aromatic carbocycles. The van der Waals surface area contributed by atoms with E-state index in [-0.39, 0.29) is 22.6 Å². The summed E-state index contributed by atoms with van der Waals surface area (Å²) < 4.78 is 27.3. The molecule has 5 nitrogen and oxygen atoms in total. The van der Waals surface area contributed by atoms with E-state index in [1.54, 1.807) is 6.07 Å². The van der Waals surface area contributed by atoms with E-state index in [2.05, 4.69) is 9.71 Å². The molecule has 0 fully saturated rings. The van der Waals surface area contributed by atoms with Gasteiger partial charge in [-0.25, -0.2) is 18.1 Å². The number of hydrogen-bond acceptors (Lipinski definition) is 4. The summed E-state index contributed by atoms with van der Waals surface area (Å²) in [6.45, 7) is 0.182. The second kappa shape index (κ2) is 7.59. The molecule has 0 spiro atoms. The summed E-state index contributed by atoms with van der Waals surface area (Å²) in [6, 6.07) is 10.0. The SMILES string of the molecule is CN(C)C(CNS(=O)(=O)c1ccc(Cl)nc1)c1ccccc1Cl. The minimum Gasteiger partial charge on any atom is -0.301 e. The van der Waals surface area contributed by atoms with Crippen LogP contribution in [-0.4, -0.2) is 38.9 Å². The Morgan fingerprint density at radius 1 is 1.17 bits per heavy atom. The molecule has 0 aliphatic rings. The highest BCUT2D eigenvalue weighted by Gasteiger charge is 2.21. The van der Waals surface area contributed by atoms with Crippen LogP contribution < -0.4 is 4.72 Å². The first-order chi connectivity index (χ1) is 10.8. The summed E-state index contributed by atoms with van der Waals surface area (Å²) in [5.41, 5.74) is 0.857. The molecule has 2 rings (SSSR count). The fourth-order valence-corrected chi connectivity index (χ4v) is 3.47. The molecule has 2 aromatic rings. The molecular weight excluding hydrogens is 357 g/mol. The van der Waals surface area contributed by atoms with Gasteiger partial charge in [-0.15, -0.1) is 0 Å². The first-order valence-corrected chi connectivity index (χ1v) is 9.07. The van der Waals surface area contributed by atoms with Gasteiger partial charge in [0.25, 0.3) is 0 Å². The molecule has 0 amide bonds. The van der Waals surface area contributed by atoms with Gasteiger partial charge in [0.1, 0.15) is 10.0 Å². The molecule has 0 aliphatic heterocycles. The van der Waals surface area contributed by atoms with E-state index in [0.29, 0.717) is 5.02 Å². The second-order valence-corrected chi connectivity index (χ2v) is 7.73. The maximum Gasteiger partial charge on any atom is 0.242 e. The van der Waals surface area contributed by atoms with E-state index < -0.39 is 10.0 Å². The highest BCUT2D eigenvalue weighted by molar-refractivity contribution is 7.89. The number of sulfonamides is 1. The van der Waals surface area contributed by atoms with Crippen LogP contribution >= 0.6 is 23.2 Å². The fraction of sp³-hybridized carbons (Fsp3) is 0.267. The van der Waals surface area contributed by atoms with Gasteiger partial charge >= 0.3 is 0 Å². The molecule has 0 saturated heterocycles. The van der Waals surface area contributed by atoms with Crippen LogP contribution in [0.1, 0.15) is 11.6 Å². The lowest BCUT2D eigenvalue weighted by atomic mass is 10.1. The topological polar surface area (TPSA) is 62.3 Å². The Morgan fingerprint density at radius 2 is 1.87 bits per heavy atom. The van der Waals surface area contributed by atoms with Crippen molar-refractivity contribution in [2.24, 2.45) is 0 Å². The van der Waals surface area contributed by atoms with Crippen LogP contribution in [0.3, 0.4) is 0 Å². The highest BCUT2D eigenvalue weighted by atomic mass is 35.5. The van der Waals surface area contributed by atoms with Gasteiger partial charge in [0.15, 0.2) is 0 Å². The van der Waals surface area contributed by atoms with Crippen LogP contribution in [0.4, 0.5) is 0 Å². The molecule has 0 bridgehead atoms. The summed E-state index contributed by atoms with van der Waals surface area (Å²) in [5.74, 6) is 0. The lowest BCUT2D eigenvalue weighted by Gasteiger charge is -2.25. The van der Waals surface area contributed by atoms with Gasteiger partial charge in [0.2, 0.25) is 10.0 Å². The minimum absolute atomic E-state index is 0.0681. The molecule has 23 heavy (non-hydrogen) atoms. The van der Waals surface area contributed by atoms with Crippen molar-refractivity contribution in [3.05, 3.63) is 58.3 Å². The zero-order valence-corrected chi connectivity index (χ0v) is 15.0. The molecule has 1 unspecified atom stereocenters. The maximum absolute atomic E-state index is 12.3. The molecule has 1 N–H and O–H groups in total. The summed E-state index contributed by atoms with van der Waals surface area (Å²) in [5, 5.41) is 0.838. The number of hydrogen-bond donors (Lipinski definition) is 1. The smallest absolute Gasteiger partial charge is 0.242 e. The first-order valence-electron chi connectivity index (χ1n) is 6.83. The average Bonchev–Trinajstić information content (AvgIpc) is 2.49. The van der Waals surface area contributed by atoms with Crippen LogP contribution in [0.5, 0.6) is 0 Å². The highest BCUT2D eigenvalue weighted by Crippen LogP contribution is 2.25. The number of rotatable bonds is 6. The molecule has 1 aromatic heterocycles. The predicted molar refractivity (Wildman–Crippen MR) is 92.3 cm³/mol. The van der Waals surface area contributed by atoms with Crippen molar-refractivity contribution in [2.45, 2.75) is 10.9 Å². The van der Waals surface area contributed by atoms with Crippen molar-refractivity contribution in [3.63, 3.8) is 0 Å². The van der Waals surface area contributed by atoms with Crippen LogP contribution in [0.15, 0.2) is 47.5 Å². The number of benzene rings is 1. The number of nitrogens with one attached hydrogen (secondary N) is 1. The van der Waals surface area contributed by atoms with E-state index >= 15 is 0 Å². The summed E-state index contributed by atoms with van der Waals surface area (Å²) >= 11 is 11.9. The molecule has 8 heteroatoms. The predicted octanol–water partition coefficient (Wildman–Crippen LogP) is 2.97. The van der Waals surface area contributed by atoms with Gasteiger partial charge in [0, 0.05) is 23.8 Å². The van der Waals surface area contributed by atoms with Crippen LogP contribution in [0, 0.1) is 0 Å². The second-order valence-electron chi connectivity index (χ2n) is 5.17. The number of likely N-dealkylation sites (N-methyl/N-ethyl adjacent to an activating group) is 1. The van der Waals surface area contributed by atoms with Gasteiger partial charge in [-0.1, -0.05) is 41.4 Å². The van der Waals surface area contributed by atoms with E-state index in [0.717, 1.165) is 5.56 Å². The van der Waals surface area contributed by atoms with Crippen molar-refractivity contribution in [1.29, 1.82) is 0 Å². The third kappa shape index (κ3) is 4.65. The lowest BCUT2D eigenvalue weighted by molar-refractivity contribution is 0.299. The third-order valence-corrected chi connectivity index (χ3v) is 5.34. The van der Waals surface area contributed by atoms with Crippen molar-refractivity contribution in [3.8, 4) is 0 Å². The van der Waals surface area contributed by atoms with Crippen LogP contribution in [-0.2, 0) is 10.0 Å². The Kier molecular flexibility index (Phi) is 6.00. The minimum atomic E-state index is -3.67. The molecule has 124 valence electrons. The van der Waals surface area contributed by atoms with Gasteiger partial charge < -0.3 is 4.90 Å². The number of nitrogens with zero attached hydrogens (tertiary/aromatic N) is 2. The molecule has 0 radical (unpaired) electrons. The number of pyridine rings is 1. The average molecular weight is 374 g/mol. The standard InChI is InChI=1S/C15H17Cl2N3O2S/c1-20(2)14(12-5-3-4-6-13(12)16)10-19-23(21,22)11-7-8-15(17)18-9-11/h3-9,14,19H,10H2,1-2H3. The number of halogens is 2. The van der Waals surface area contributed by atoms with Crippen LogP contribution in [0.25, 0.3) is 0 Å². The van der Waals surface area contributed by atoms with Crippen molar-refractivity contribution in [1.82, 2.24) is 14.6 Å². The van der Waals surface area contributed by atoms with Crippen molar-refractivity contribution >= 4 is 33.2 Å². The number of aromatic nitrogens is 1. The first kappa shape index (κ1) is 18.2. The van der Waals surface area contributed by atoms with E-state index in [1.807, 2.05) is 37.2 Å². The summed E-state index contributed by atoms with van der Waals surface area (Å²) in [7, 11) is 0.0670. The van der Waals surface area contributed by atoms with E-state index in [4.69, 9.17) is 23.2 Å². The Bertz CT molecular complexity index is 765. The quantitative estimate of drug-likeness (QED) is 0.790. The van der Waals surface area contributed by atoms with Gasteiger partial charge in [-0.3, -0.25) is 0 Å². The summed E-state index contributed by atoms with van der Waals surface area (Å²) in [6.07, 6.45) is 1.23. The Morgan fingerprint density at radius 3 is 2.43 bits per heavy atom. The third-order valence-electron chi connectivity index (χ3n) is 3.36. The fourth-order valence-electron chi connectivity index (χ4n) is 2.11.